The van der Waals surface area contributed by atoms with Gasteiger partial charge in [-0.1, -0.05) is 5.16 Å². The van der Waals surface area contributed by atoms with Crippen molar-refractivity contribution in [3.8, 4) is 5.75 Å². The van der Waals surface area contributed by atoms with E-state index in [2.05, 4.69) is 10.1 Å². The maximum absolute atomic E-state index is 11.1. The molecular weight excluding hydrogens is 278 g/mol. The molecule has 0 aliphatic carbocycles. The zero-order valence-electron chi connectivity index (χ0n) is 10.7. The van der Waals surface area contributed by atoms with Crippen LogP contribution in [0.15, 0.2) is 58.8 Å². The van der Waals surface area contributed by atoms with E-state index < -0.39 is 10.0 Å². The first-order chi connectivity index (χ1) is 9.47. The van der Waals surface area contributed by atoms with Gasteiger partial charge < -0.3 is 4.84 Å². The number of nitrogens with zero attached hydrogens (tertiary/aromatic N) is 2. The Balaban J connectivity index is 2.12. The molecule has 0 radical (unpaired) electrons. The van der Waals surface area contributed by atoms with Gasteiger partial charge in [-0.05, 0) is 43.3 Å². The lowest BCUT2D eigenvalue weighted by atomic mass is 10.2. The Morgan fingerprint density at radius 3 is 2.50 bits per heavy atom. The van der Waals surface area contributed by atoms with Crippen LogP contribution in [0.3, 0.4) is 0 Å². The smallest absolute Gasteiger partial charge is 0.238 e. The fourth-order valence-electron chi connectivity index (χ4n) is 1.44. The van der Waals surface area contributed by atoms with Crippen molar-refractivity contribution in [1.82, 2.24) is 4.98 Å². The first kappa shape index (κ1) is 14.2. The lowest BCUT2D eigenvalue weighted by molar-refractivity contribution is 0.341. The maximum Gasteiger partial charge on any atom is 0.238 e. The Hall–Kier alpha value is -2.25. The van der Waals surface area contributed by atoms with Gasteiger partial charge in [-0.25, -0.2) is 13.6 Å². The van der Waals surface area contributed by atoms with E-state index in [1.807, 2.05) is 6.07 Å². The summed E-state index contributed by atoms with van der Waals surface area (Å²) in [7, 11) is -3.69. The highest BCUT2D eigenvalue weighted by Crippen LogP contribution is 2.15. The average molecular weight is 291 g/mol. The van der Waals surface area contributed by atoms with Crippen molar-refractivity contribution in [2.45, 2.75) is 11.8 Å². The first-order valence-electron chi connectivity index (χ1n) is 5.72. The minimum absolute atomic E-state index is 0.0258. The Bertz CT molecular complexity index is 710. The molecule has 0 fully saturated rings. The third-order valence-corrected chi connectivity index (χ3v) is 3.45. The van der Waals surface area contributed by atoms with Crippen molar-refractivity contribution in [3.05, 3.63) is 54.4 Å². The number of pyridine rings is 1. The summed E-state index contributed by atoms with van der Waals surface area (Å²) in [6.45, 7) is 1.79. The number of aromatic nitrogens is 1. The van der Waals surface area contributed by atoms with Crippen molar-refractivity contribution in [3.63, 3.8) is 0 Å². The monoisotopic (exact) mass is 291 g/mol. The summed E-state index contributed by atoms with van der Waals surface area (Å²) in [5, 5.41) is 8.95. The van der Waals surface area contributed by atoms with Crippen LogP contribution in [-0.4, -0.2) is 19.1 Å². The summed E-state index contributed by atoms with van der Waals surface area (Å²) in [5.74, 6) is 0.417. The molecule has 104 valence electrons. The minimum atomic E-state index is -3.69. The molecule has 6 nitrogen and oxygen atoms in total. The first-order valence-corrected chi connectivity index (χ1v) is 7.26. The van der Waals surface area contributed by atoms with Crippen LogP contribution in [0.4, 0.5) is 0 Å². The van der Waals surface area contributed by atoms with E-state index in [1.165, 1.54) is 24.3 Å². The molecule has 0 aliphatic rings. The molecule has 2 rings (SSSR count). The van der Waals surface area contributed by atoms with Crippen molar-refractivity contribution in [2.24, 2.45) is 10.3 Å². The van der Waals surface area contributed by atoms with Gasteiger partial charge in [-0.2, -0.15) is 0 Å². The number of hydrogen-bond acceptors (Lipinski definition) is 5. The second kappa shape index (κ2) is 5.81. The summed E-state index contributed by atoms with van der Waals surface area (Å²) in [5.41, 5.74) is 1.50. The number of nitrogens with two attached hydrogens (primary N) is 1. The van der Waals surface area contributed by atoms with E-state index in [1.54, 1.807) is 25.4 Å². The van der Waals surface area contributed by atoms with Crippen molar-refractivity contribution in [1.29, 1.82) is 0 Å². The molecule has 7 heteroatoms. The van der Waals surface area contributed by atoms with Crippen LogP contribution in [0.2, 0.25) is 0 Å². The van der Waals surface area contributed by atoms with E-state index in [9.17, 15) is 8.42 Å². The van der Waals surface area contributed by atoms with Gasteiger partial charge >= 0.3 is 0 Å². The second-order valence-corrected chi connectivity index (χ2v) is 5.59. The van der Waals surface area contributed by atoms with Gasteiger partial charge in [-0.15, -0.1) is 0 Å². The van der Waals surface area contributed by atoms with Gasteiger partial charge in [0.15, 0.2) is 5.75 Å². The van der Waals surface area contributed by atoms with Crippen LogP contribution >= 0.6 is 0 Å². The Morgan fingerprint density at radius 1 is 1.25 bits per heavy atom. The van der Waals surface area contributed by atoms with Crippen LogP contribution in [0.5, 0.6) is 5.75 Å². The van der Waals surface area contributed by atoms with Gasteiger partial charge in [0.05, 0.1) is 10.6 Å². The molecule has 0 spiro atoms. The van der Waals surface area contributed by atoms with Crippen LogP contribution in [0.1, 0.15) is 12.5 Å². The molecule has 0 unspecified atom stereocenters. The zero-order chi connectivity index (χ0) is 14.6. The van der Waals surface area contributed by atoms with Gasteiger partial charge in [0.25, 0.3) is 0 Å². The highest BCUT2D eigenvalue weighted by atomic mass is 32.2. The number of rotatable bonds is 4. The molecular formula is C13H13N3O3S. The molecule has 2 N–H and O–H groups in total. The van der Waals surface area contributed by atoms with Crippen LogP contribution in [-0.2, 0) is 10.0 Å². The number of oxime groups is 1. The van der Waals surface area contributed by atoms with Crippen molar-refractivity contribution < 1.29 is 13.3 Å². The van der Waals surface area contributed by atoms with E-state index in [0.717, 1.165) is 5.56 Å². The fourth-order valence-corrected chi connectivity index (χ4v) is 1.96. The Morgan fingerprint density at radius 2 is 1.95 bits per heavy atom. The number of sulfonamides is 1. The average Bonchev–Trinajstić information content (AvgIpc) is 2.45. The van der Waals surface area contributed by atoms with Crippen molar-refractivity contribution >= 4 is 15.7 Å². The topological polar surface area (TPSA) is 94.6 Å². The lowest BCUT2D eigenvalue weighted by Gasteiger charge is -2.02. The molecule has 20 heavy (non-hydrogen) atoms. The highest BCUT2D eigenvalue weighted by Gasteiger charge is 2.07. The summed E-state index contributed by atoms with van der Waals surface area (Å²) in [6, 6.07) is 9.35. The largest absolute Gasteiger partial charge is 0.357 e. The fraction of sp³-hybridized carbons (Fsp3) is 0.0769. The Labute approximate surface area is 117 Å². The molecule has 0 saturated heterocycles. The number of benzene rings is 1. The zero-order valence-corrected chi connectivity index (χ0v) is 11.5. The molecule has 1 heterocycles. The molecule has 1 aromatic heterocycles. The lowest BCUT2D eigenvalue weighted by Crippen LogP contribution is -2.11. The summed E-state index contributed by atoms with van der Waals surface area (Å²) in [6.07, 6.45) is 3.34. The molecule has 0 bridgehead atoms. The second-order valence-electron chi connectivity index (χ2n) is 4.03. The molecule has 2 aromatic rings. The van der Waals surface area contributed by atoms with Gasteiger partial charge in [0.2, 0.25) is 10.0 Å². The normalized spacial score (nSPS) is 12.2. The van der Waals surface area contributed by atoms with Crippen LogP contribution < -0.4 is 9.98 Å². The third-order valence-electron chi connectivity index (χ3n) is 2.52. The number of hydrogen-bond donors (Lipinski definition) is 1. The third kappa shape index (κ3) is 3.62. The predicted octanol–water partition coefficient (Wildman–Crippen LogP) is 1.53. The van der Waals surface area contributed by atoms with E-state index >= 15 is 0 Å². The highest BCUT2D eigenvalue weighted by molar-refractivity contribution is 7.89. The minimum Gasteiger partial charge on any atom is -0.357 e. The summed E-state index contributed by atoms with van der Waals surface area (Å²) >= 11 is 0. The molecule has 1 aromatic carbocycles. The van der Waals surface area contributed by atoms with E-state index in [0.29, 0.717) is 11.5 Å². The van der Waals surface area contributed by atoms with Gasteiger partial charge in [0.1, 0.15) is 0 Å². The quantitative estimate of drug-likeness (QED) is 0.682. The predicted molar refractivity (Wildman–Crippen MR) is 74.9 cm³/mol. The van der Waals surface area contributed by atoms with Crippen molar-refractivity contribution in [2.75, 3.05) is 0 Å². The standard InChI is InChI=1S/C13H13N3O3S/c1-10(11-3-2-8-15-9-11)16-19-12-4-6-13(7-5-12)20(14,17)18/h2-9H,1H3,(H2,14,17,18)/b16-10+. The SMILES string of the molecule is C/C(=N\Oc1ccc(S(N)(=O)=O)cc1)c1cccnc1. The summed E-state index contributed by atoms with van der Waals surface area (Å²) in [4.78, 5) is 9.22. The molecule has 0 saturated carbocycles. The molecule has 0 amide bonds. The van der Waals surface area contributed by atoms with E-state index in [4.69, 9.17) is 9.98 Å². The van der Waals surface area contributed by atoms with Crippen LogP contribution in [0.25, 0.3) is 0 Å². The molecule has 0 atom stereocenters. The Kier molecular flexibility index (Phi) is 4.11. The maximum atomic E-state index is 11.1. The summed E-state index contributed by atoms with van der Waals surface area (Å²) < 4.78 is 22.2. The van der Waals surface area contributed by atoms with E-state index in [-0.39, 0.29) is 4.90 Å². The van der Waals surface area contributed by atoms with Gasteiger partial charge in [-0.3, -0.25) is 4.98 Å². The van der Waals surface area contributed by atoms with Crippen LogP contribution in [0, 0.1) is 0 Å². The number of primary sulfonamides is 1. The van der Waals surface area contributed by atoms with Gasteiger partial charge in [0, 0.05) is 18.0 Å². The molecule has 0 aliphatic heterocycles.